The second-order valence-electron chi connectivity index (χ2n) is 7.65. The van der Waals surface area contributed by atoms with Crippen molar-refractivity contribution in [1.82, 2.24) is 19.6 Å². The average molecular weight is 354 g/mol. The standard InChI is InChI=1S/C20H26N4O2/c1-14-6-7-18-22-17(13-24(18)12-14)19(25)21-16-8-10-23(11-9-16)20(26)15-4-2-3-5-15/h6-7,12-13,15-16H,2-5,8-11H2,1H3,(H,21,25). The summed E-state index contributed by atoms with van der Waals surface area (Å²) in [5, 5.41) is 3.09. The first-order valence-electron chi connectivity index (χ1n) is 9.65. The zero-order chi connectivity index (χ0) is 18.1. The van der Waals surface area contributed by atoms with E-state index in [2.05, 4.69) is 10.3 Å². The molecule has 0 radical (unpaired) electrons. The summed E-state index contributed by atoms with van der Waals surface area (Å²) in [7, 11) is 0. The number of aromatic nitrogens is 2. The van der Waals surface area contributed by atoms with Crippen molar-refractivity contribution < 1.29 is 9.59 Å². The van der Waals surface area contributed by atoms with Gasteiger partial charge in [0.15, 0.2) is 0 Å². The summed E-state index contributed by atoms with van der Waals surface area (Å²) >= 11 is 0. The summed E-state index contributed by atoms with van der Waals surface area (Å²) in [6.45, 7) is 3.50. The number of pyridine rings is 1. The monoisotopic (exact) mass is 354 g/mol. The third-order valence-corrected chi connectivity index (χ3v) is 5.68. The van der Waals surface area contributed by atoms with E-state index in [1.807, 2.05) is 34.6 Å². The number of hydrogen-bond donors (Lipinski definition) is 1. The summed E-state index contributed by atoms with van der Waals surface area (Å²) in [5.41, 5.74) is 2.35. The van der Waals surface area contributed by atoms with Crippen molar-refractivity contribution in [2.75, 3.05) is 13.1 Å². The molecule has 2 fully saturated rings. The molecule has 1 N–H and O–H groups in total. The molecular formula is C20H26N4O2. The second kappa shape index (κ2) is 7.09. The van der Waals surface area contributed by atoms with Crippen LogP contribution in [0.15, 0.2) is 24.5 Å². The van der Waals surface area contributed by atoms with Crippen LogP contribution in [0.25, 0.3) is 5.65 Å². The van der Waals surface area contributed by atoms with Crippen LogP contribution in [0, 0.1) is 12.8 Å². The molecule has 2 aromatic rings. The topological polar surface area (TPSA) is 66.7 Å². The molecule has 2 amide bonds. The maximum absolute atomic E-state index is 12.5. The Kier molecular flexibility index (Phi) is 4.66. The van der Waals surface area contributed by atoms with Crippen LogP contribution in [-0.2, 0) is 4.79 Å². The van der Waals surface area contributed by atoms with Crippen LogP contribution in [0.4, 0.5) is 0 Å². The minimum Gasteiger partial charge on any atom is -0.348 e. The highest BCUT2D eigenvalue weighted by Crippen LogP contribution is 2.27. The van der Waals surface area contributed by atoms with Gasteiger partial charge in [-0.05, 0) is 44.2 Å². The molecule has 138 valence electrons. The van der Waals surface area contributed by atoms with E-state index in [9.17, 15) is 9.59 Å². The Morgan fingerprint density at radius 2 is 1.81 bits per heavy atom. The number of nitrogens with one attached hydrogen (secondary N) is 1. The second-order valence-corrected chi connectivity index (χ2v) is 7.65. The van der Waals surface area contributed by atoms with E-state index in [1.165, 1.54) is 12.8 Å². The van der Waals surface area contributed by atoms with Crippen molar-refractivity contribution in [3.63, 3.8) is 0 Å². The third-order valence-electron chi connectivity index (χ3n) is 5.68. The lowest BCUT2D eigenvalue weighted by Gasteiger charge is -2.33. The third kappa shape index (κ3) is 3.45. The molecule has 1 saturated carbocycles. The van der Waals surface area contributed by atoms with E-state index in [1.54, 1.807) is 6.20 Å². The summed E-state index contributed by atoms with van der Waals surface area (Å²) in [6, 6.07) is 4.02. The number of fused-ring (bicyclic) bond motifs is 1. The quantitative estimate of drug-likeness (QED) is 0.921. The highest BCUT2D eigenvalue weighted by atomic mass is 16.2. The van der Waals surface area contributed by atoms with Gasteiger partial charge in [0.2, 0.25) is 5.91 Å². The van der Waals surface area contributed by atoms with Crippen LogP contribution in [0.5, 0.6) is 0 Å². The number of rotatable bonds is 3. The lowest BCUT2D eigenvalue weighted by Crippen LogP contribution is -2.47. The Labute approximate surface area is 153 Å². The van der Waals surface area contributed by atoms with Crippen LogP contribution < -0.4 is 5.32 Å². The first-order chi connectivity index (χ1) is 12.6. The number of hydrogen-bond acceptors (Lipinski definition) is 3. The molecule has 0 atom stereocenters. The molecule has 6 nitrogen and oxygen atoms in total. The molecule has 2 aromatic heterocycles. The lowest BCUT2D eigenvalue weighted by molar-refractivity contribution is -0.136. The van der Waals surface area contributed by atoms with Gasteiger partial charge in [0, 0.05) is 37.4 Å². The normalized spacial score (nSPS) is 19.2. The fourth-order valence-corrected chi connectivity index (χ4v) is 4.15. The minimum absolute atomic E-state index is 0.113. The number of piperidine rings is 1. The maximum atomic E-state index is 12.5. The lowest BCUT2D eigenvalue weighted by atomic mass is 10.0. The fraction of sp³-hybridized carbons (Fsp3) is 0.550. The van der Waals surface area contributed by atoms with Crippen molar-refractivity contribution in [2.45, 2.75) is 51.5 Å². The number of likely N-dealkylation sites (tertiary alicyclic amines) is 1. The number of carbonyl (C=O) groups excluding carboxylic acids is 2. The molecule has 0 aromatic carbocycles. The molecule has 4 rings (SSSR count). The van der Waals surface area contributed by atoms with Gasteiger partial charge in [0.05, 0.1) is 0 Å². The van der Waals surface area contributed by atoms with Crippen LogP contribution >= 0.6 is 0 Å². The Morgan fingerprint density at radius 1 is 1.08 bits per heavy atom. The molecule has 0 bridgehead atoms. The molecule has 26 heavy (non-hydrogen) atoms. The van der Waals surface area contributed by atoms with Crippen molar-refractivity contribution in [3.05, 3.63) is 35.8 Å². The highest BCUT2D eigenvalue weighted by molar-refractivity contribution is 5.93. The first-order valence-corrected chi connectivity index (χ1v) is 9.65. The fourth-order valence-electron chi connectivity index (χ4n) is 4.15. The summed E-state index contributed by atoms with van der Waals surface area (Å²) in [6.07, 6.45) is 9.82. The molecule has 6 heteroatoms. The number of nitrogens with zero attached hydrogens (tertiary/aromatic N) is 3. The van der Waals surface area contributed by atoms with Crippen molar-refractivity contribution in [3.8, 4) is 0 Å². The molecule has 2 aliphatic rings. The number of carbonyl (C=O) groups is 2. The maximum Gasteiger partial charge on any atom is 0.271 e. The van der Waals surface area contributed by atoms with Gasteiger partial charge in [-0.3, -0.25) is 9.59 Å². The van der Waals surface area contributed by atoms with Gasteiger partial charge in [0.25, 0.3) is 5.91 Å². The van der Waals surface area contributed by atoms with Gasteiger partial charge in [-0.15, -0.1) is 0 Å². The van der Waals surface area contributed by atoms with E-state index < -0.39 is 0 Å². The van der Waals surface area contributed by atoms with Gasteiger partial charge in [-0.1, -0.05) is 18.9 Å². The predicted molar refractivity (Wildman–Crippen MR) is 99.0 cm³/mol. The number of aryl methyl sites for hydroxylation is 1. The van der Waals surface area contributed by atoms with Crippen LogP contribution in [0.2, 0.25) is 0 Å². The summed E-state index contributed by atoms with van der Waals surface area (Å²) < 4.78 is 1.88. The van der Waals surface area contributed by atoms with Crippen LogP contribution in [-0.4, -0.2) is 45.2 Å². The first kappa shape index (κ1) is 17.1. The van der Waals surface area contributed by atoms with E-state index in [0.29, 0.717) is 11.6 Å². The van der Waals surface area contributed by atoms with Gasteiger partial charge >= 0.3 is 0 Å². The van der Waals surface area contributed by atoms with Gasteiger partial charge in [0.1, 0.15) is 11.3 Å². The molecule has 0 spiro atoms. The molecule has 1 aliphatic heterocycles. The highest BCUT2D eigenvalue weighted by Gasteiger charge is 2.30. The van der Waals surface area contributed by atoms with E-state index in [0.717, 1.165) is 50.0 Å². The Morgan fingerprint density at radius 3 is 2.54 bits per heavy atom. The summed E-state index contributed by atoms with van der Waals surface area (Å²) in [4.78, 5) is 31.4. The van der Waals surface area contributed by atoms with Crippen molar-refractivity contribution >= 4 is 17.5 Å². The largest absolute Gasteiger partial charge is 0.348 e. The van der Waals surface area contributed by atoms with Crippen LogP contribution in [0.1, 0.15) is 54.6 Å². The molecule has 3 heterocycles. The van der Waals surface area contributed by atoms with Crippen molar-refractivity contribution in [2.24, 2.45) is 5.92 Å². The van der Waals surface area contributed by atoms with Crippen molar-refractivity contribution in [1.29, 1.82) is 0 Å². The molecule has 1 saturated heterocycles. The molecular weight excluding hydrogens is 328 g/mol. The van der Waals surface area contributed by atoms with E-state index in [4.69, 9.17) is 0 Å². The minimum atomic E-state index is -0.132. The van der Waals surface area contributed by atoms with E-state index >= 15 is 0 Å². The van der Waals surface area contributed by atoms with Gasteiger partial charge in [-0.2, -0.15) is 0 Å². The number of imidazole rings is 1. The van der Waals surface area contributed by atoms with Gasteiger partial charge in [-0.25, -0.2) is 4.98 Å². The zero-order valence-electron chi connectivity index (χ0n) is 15.3. The molecule has 0 unspecified atom stereocenters. The average Bonchev–Trinajstić information content (AvgIpc) is 3.31. The van der Waals surface area contributed by atoms with Crippen LogP contribution in [0.3, 0.4) is 0 Å². The Balaban J connectivity index is 1.33. The smallest absolute Gasteiger partial charge is 0.271 e. The zero-order valence-corrected chi connectivity index (χ0v) is 15.3. The predicted octanol–water partition coefficient (Wildman–Crippen LogP) is 2.55. The molecule has 1 aliphatic carbocycles. The SMILES string of the molecule is Cc1ccc2nc(C(=O)NC3CCN(C(=O)C4CCCC4)CC3)cn2c1. The Bertz CT molecular complexity index is 814. The summed E-state index contributed by atoms with van der Waals surface area (Å²) in [5.74, 6) is 0.428. The number of amides is 2. The van der Waals surface area contributed by atoms with Gasteiger partial charge < -0.3 is 14.6 Å². The van der Waals surface area contributed by atoms with E-state index in [-0.39, 0.29) is 17.9 Å². The Hall–Kier alpha value is -2.37.